The van der Waals surface area contributed by atoms with Crippen LogP contribution in [0.5, 0.6) is 0 Å². The maximum Gasteiger partial charge on any atom is 0.197 e. The van der Waals surface area contributed by atoms with Crippen LogP contribution in [-0.4, -0.2) is 6.54 Å². The van der Waals surface area contributed by atoms with Crippen molar-refractivity contribution in [2.45, 2.75) is 13.8 Å². The Bertz CT molecular complexity index is 543. The number of rotatable bonds is 2. The summed E-state index contributed by atoms with van der Waals surface area (Å²) in [5.74, 6) is 0.527. The Morgan fingerprint density at radius 1 is 1.33 bits per heavy atom. The number of hydrogen-bond donors (Lipinski definition) is 1. The van der Waals surface area contributed by atoms with Crippen molar-refractivity contribution < 1.29 is 4.42 Å². The van der Waals surface area contributed by atoms with Gasteiger partial charge in [-0.25, -0.2) is 0 Å². The maximum absolute atomic E-state index is 11.7. The SMILES string of the molecule is CCNc1cc(=O)c2cc(C)ccc2o1. The third-order valence-corrected chi connectivity index (χ3v) is 2.23. The monoisotopic (exact) mass is 203 g/mol. The van der Waals surface area contributed by atoms with Gasteiger partial charge in [0.25, 0.3) is 0 Å². The Kier molecular flexibility index (Phi) is 2.46. The molecule has 0 spiro atoms. The molecular formula is C12H13NO2. The smallest absolute Gasteiger partial charge is 0.197 e. The molecule has 0 aliphatic carbocycles. The number of fused-ring (bicyclic) bond motifs is 1. The molecule has 0 fully saturated rings. The second-order valence-corrected chi connectivity index (χ2v) is 3.50. The lowest BCUT2D eigenvalue weighted by Crippen LogP contribution is -2.04. The van der Waals surface area contributed by atoms with Gasteiger partial charge in [0.05, 0.1) is 5.39 Å². The molecule has 0 aliphatic rings. The van der Waals surface area contributed by atoms with Gasteiger partial charge in [0.15, 0.2) is 11.3 Å². The van der Waals surface area contributed by atoms with Crippen molar-refractivity contribution in [3.05, 3.63) is 40.1 Å². The molecule has 0 saturated heterocycles. The van der Waals surface area contributed by atoms with E-state index in [1.807, 2.05) is 32.0 Å². The van der Waals surface area contributed by atoms with Crippen molar-refractivity contribution in [3.63, 3.8) is 0 Å². The van der Waals surface area contributed by atoms with E-state index in [0.717, 1.165) is 12.1 Å². The molecule has 15 heavy (non-hydrogen) atoms. The zero-order valence-corrected chi connectivity index (χ0v) is 8.83. The van der Waals surface area contributed by atoms with Gasteiger partial charge in [-0.1, -0.05) is 11.6 Å². The van der Waals surface area contributed by atoms with Gasteiger partial charge in [0.1, 0.15) is 5.58 Å². The highest BCUT2D eigenvalue weighted by Gasteiger charge is 2.03. The third kappa shape index (κ3) is 1.86. The molecule has 78 valence electrons. The Labute approximate surface area is 87.7 Å². The normalized spacial score (nSPS) is 10.5. The predicted molar refractivity (Wildman–Crippen MR) is 61.4 cm³/mol. The minimum atomic E-state index is -0.00380. The highest BCUT2D eigenvalue weighted by atomic mass is 16.3. The van der Waals surface area contributed by atoms with Gasteiger partial charge in [0, 0.05) is 12.6 Å². The van der Waals surface area contributed by atoms with Crippen molar-refractivity contribution in [2.75, 3.05) is 11.9 Å². The summed E-state index contributed by atoms with van der Waals surface area (Å²) in [5, 5.41) is 3.62. The molecule has 0 bridgehead atoms. The lowest BCUT2D eigenvalue weighted by atomic mass is 10.1. The molecule has 2 rings (SSSR count). The van der Waals surface area contributed by atoms with Crippen LogP contribution in [-0.2, 0) is 0 Å². The average Bonchev–Trinajstić information content (AvgIpc) is 2.20. The van der Waals surface area contributed by atoms with E-state index < -0.39 is 0 Å². The van der Waals surface area contributed by atoms with Crippen LogP contribution in [0.3, 0.4) is 0 Å². The molecule has 3 heteroatoms. The average molecular weight is 203 g/mol. The fourth-order valence-electron chi connectivity index (χ4n) is 1.53. The van der Waals surface area contributed by atoms with E-state index in [1.54, 1.807) is 0 Å². The summed E-state index contributed by atoms with van der Waals surface area (Å²) in [6.45, 7) is 4.65. The van der Waals surface area contributed by atoms with E-state index in [0.29, 0.717) is 16.9 Å². The fraction of sp³-hybridized carbons (Fsp3) is 0.250. The van der Waals surface area contributed by atoms with Crippen molar-refractivity contribution in [3.8, 4) is 0 Å². The first-order valence-electron chi connectivity index (χ1n) is 4.99. The summed E-state index contributed by atoms with van der Waals surface area (Å²) in [6, 6.07) is 7.09. The van der Waals surface area contributed by atoms with Crippen LogP contribution in [0.4, 0.5) is 5.88 Å². The Morgan fingerprint density at radius 3 is 2.87 bits per heavy atom. The summed E-state index contributed by atoms with van der Waals surface area (Å²) in [4.78, 5) is 11.7. The Balaban J connectivity index is 2.67. The molecular weight excluding hydrogens is 190 g/mol. The molecule has 0 aliphatic heterocycles. The molecule has 0 saturated carbocycles. The van der Waals surface area contributed by atoms with E-state index in [1.165, 1.54) is 6.07 Å². The van der Waals surface area contributed by atoms with E-state index in [-0.39, 0.29) is 5.43 Å². The molecule has 0 atom stereocenters. The highest BCUT2D eigenvalue weighted by Crippen LogP contribution is 2.16. The zero-order valence-electron chi connectivity index (χ0n) is 8.83. The van der Waals surface area contributed by atoms with Gasteiger partial charge in [-0.2, -0.15) is 0 Å². The quantitative estimate of drug-likeness (QED) is 0.815. The number of hydrogen-bond acceptors (Lipinski definition) is 3. The molecule has 1 heterocycles. The van der Waals surface area contributed by atoms with Gasteiger partial charge in [-0.3, -0.25) is 4.79 Å². The molecule has 1 N–H and O–H groups in total. The summed E-state index contributed by atoms with van der Waals surface area (Å²) in [5.41, 5.74) is 1.69. The predicted octanol–water partition coefficient (Wildman–Crippen LogP) is 2.53. The lowest BCUT2D eigenvalue weighted by Gasteiger charge is -2.03. The van der Waals surface area contributed by atoms with Gasteiger partial charge in [-0.05, 0) is 26.0 Å². The van der Waals surface area contributed by atoms with Gasteiger partial charge >= 0.3 is 0 Å². The molecule has 1 aromatic heterocycles. The Morgan fingerprint density at radius 2 is 2.13 bits per heavy atom. The van der Waals surface area contributed by atoms with Gasteiger partial charge in [-0.15, -0.1) is 0 Å². The van der Waals surface area contributed by atoms with Crippen LogP contribution in [0.1, 0.15) is 12.5 Å². The summed E-state index contributed by atoms with van der Waals surface area (Å²) < 4.78 is 5.53. The van der Waals surface area contributed by atoms with Crippen molar-refractivity contribution in [1.82, 2.24) is 0 Å². The first-order valence-corrected chi connectivity index (χ1v) is 4.99. The summed E-state index contributed by atoms with van der Waals surface area (Å²) in [7, 11) is 0. The summed E-state index contributed by atoms with van der Waals surface area (Å²) in [6.07, 6.45) is 0. The van der Waals surface area contributed by atoms with Crippen molar-refractivity contribution in [1.29, 1.82) is 0 Å². The highest BCUT2D eigenvalue weighted by molar-refractivity contribution is 5.78. The topological polar surface area (TPSA) is 42.2 Å². The second kappa shape index (κ2) is 3.77. The van der Waals surface area contributed by atoms with Gasteiger partial charge in [0.2, 0.25) is 0 Å². The molecule has 0 unspecified atom stereocenters. The number of nitrogens with one attached hydrogen (secondary N) is 1. The van der Waals surface area contributed by atoms with Crippen LogP contribution in [0.2, 0.25) is 0 Å². The van der Waals surface area contributed by atoms with Gasteiger partial charge < -0.3 is 9.73 Å². The van der Waals surface area contributed by atoms with Crippen LogP contribution in [0.25, 0.3) is 11.0 Å². The first-order chi connectivity index (χ1) is 7.20. The van der Waals surface area contributed by atoms with Crippen LogP contribution < -0.4 is 10.7 Å². The summed E-state index contributed by atoms with van der Waals surface area (Å²) >= 11 is 0. The molecule has 0 amide bonds. The second-order valence-electron chi connectivity index (χ2n) is 3.50. The van der Waals surface area contributed by atoms with Crippen molar-refractivity contribution in [2.24, 2.45) is 0 Å². The van der Waals surface area contributed by atoms with E-state index in [2.05, 4.69) is 5.32 Å². The molecule has 2 aromatic rings. The Hall–Kier alpha value is -1.77. The lowest BCUT2D eigenvalue weighted by molar-refractivity contribution is 0.616. The van der Waals surface area contributed by atoms with Crippen LogP contribution in [0, 0.1) is 6.92 Å². The van der Waals surface area contributed by atoms with Crippen molar-refractivity contribution >= 4 is 16.9 Å². The molecule has 3 nitrogen and oxygen atoms in total. The maximum atomic E-state index is 11.7. The standard InChI is InChI=1S/C12H13NO2/c1-3-13-12-7-10(14)9-6-8(2)4-5-11(9)15-12/h4-7,13H,3H2,1-2H3. The number of benzene rings is 1. The minimum absolute atomic E-state index is 0.00380. The van der Waals surface area contributed by atoms with E-state index in [4.69, 9.17) is 4.42 Å². The molecule has 1 aromatic carbocycles. The fourth-order valence-corrected chi connectivity index (χ4v) is 1.53. The van der Waals surface area contributed by atoms with E-state index in [9.17, 15) is 4.79 Å². The van der Waals surface area contributed by atoms with Crippen LogP contribution in [0.15, 0.2) is 33.5 Å². The van der Waals surface area contributed by atoms with E-state index >= 15 is 0 Å². The molecule has 0 radical (unpaired) electrons. The number of anilines is 1. The minimum Gasteiger partial charge on any atom is -0.440 e. The zero-order chi connectivity index (χ0) is 10.8. The third-order valence-electron chi connectivity index (χ3n) is 2.23. The number of aryl methyl sites for hydroxylation is 1. The first kappa shape index (κ1) is 9.77. The largest absolute Gasteiger partial charge is 0.440 e. The van der Waals surface area contributed by atoms with Crippen LogP contribution >= 0.6 is 0 Å².